The van der Waals surface area contributed by atoms with Crippen LogP contribution in [0.2, 0.25) is 0 Å². The van der Waals surface area contributed by atoms with Crippen molar-refractivity contribution in [2.45, 2.75) is 16.2 Å². The van der Waals surface area contributed by atoms with Gasteiger partial charge in [0.1, 0.15) is 5.75 Å². The molecular formula is C19H15F3N2O5S2. The molecule has 0 unspecified atom stereocenters. The highest BCUT2D eigenvalue weighted by Gasteiger charge is 2.31. The Labute approximate surface area is 176 Å². The molecule has 0 atom stereocenters. The Morgan fingerprint density at radius 1 is 0.645 bits per heavy atom. The van der Waals surface area contributed by atoms with Crippen LogP contribution in [-0.2, 0) is 20.0 Å². The van der Waals surface area contributed by atoms with Crippen molar-refractivity contribution in [3.05, 3.63) is 78.9 Å². The number of anilines is 2. The normalized spacial score (nSPS) is 12.2. The minimum atomic E-state index is -4.97. The van der Waals surface area contributed by atoms with Crippen molar-refractivity contribution in [2.24, 2.45) is 0 Å². The lowest BCUT2D eigenvalue weighted by atomic mass is 10.3. The van der Waals surface area contributed by atoms with Crippen LogP contribution in [-0.4, -0.2) is 23.2 Å². The lowest BCUT2D eigenvalue weighted by Gasteiger charge is -2.12. The van der Waals surface area contributed by atoms with E-state index >= 15 is 0 Å². The highest BCUT2D eigenvalue weighted by molar-refractivity contribution is 7.93. The summed E-state index contributed by atoms with van der Waals surface area (Å²) in [5.74, 6) is -0.691. The Morgan fingerprint density at radius 3 is 1.77 bits per heavy atom. The monoisotopic (exact) mass is 472 g/mol. The Balaban J connectivity index is 1.77. The van der Waals surface area contributed by atoms with E-state index in [-0.39, 0.29) is 10.6 Å². The van der Waals surface area contributed by atoms with Crippen LogP contribution in [0, 0.1) is 0 Å². The van der Waals surface area contributed by atoms with E-state index in [0.29, 0.717) is 5.69 Å². The molecule has 0 aliphatic carbocycles. The minimum absolute atomic E-state index is 0.0146. The molecule has 0 aromatic heterocycles. The van der Waals surface area contributed by atoms with Crippen molar-refractivity contribution in [2.75, 3.05) is 9.44 Å². The molecule has 0 fully saturated rings. The third-order valence-corrected chi connectivity index (χ3v) is 6.57. The molecule has 0 amide bonds. The van der Waals surface area contributed by atoms with Crippen LogP contribution in [0.1, 0.15) is 0 Å². The van der Waals surface area contributed by atoms with E-state index in [1.807, 2.05) is 0 Å². The second-order valence-electron chi connectivity index (χ2n) is 6.12. The summed E-state index contributed by atoms with van der Waals surface area (Å²) in [5.41, 5.74) is 0.369. The summed E-state index contributed by atoms with van der Waals surface area (Å²) in [6, 6.07) is 16.9. The van der Waals surface area contributed by atoms with Crippen LogP contribution < -0.4 is 14.2 Å². The standard InChI is InChI=1S/C19H15F3N2O5S2/c20-19(21,22)29-16-7-4-8-18(13-16)31(27,28)24-15-9-11-17(12-10-15)30(25,26)23-14-5-2-1-3-6-14/h1-13,23-24H. The third-order valence-electron chi connectivity index (χ3n) is 3.79. The Kier molecular flexibility index (Phi) is 6.13. The molecule has 3 aromatic carbocycles. The molecule has 164 valence electrons. The zero-order chi connectivity index (χ0) is 22.7. The molecule has 0 radical (unpaired) electrons. The van der Waals surface area contributed by atoms with Gasteiger partial charge in [0.2, 0.25) is 0 Å². The van der Waals surface area contributed by atoms with E-state index in [4.69, 9.17) is 0 Å². The zero-order valence-corrected chi connectivity index (χ0v) is 17.1. The van der Waals surface area contributed by atoms with Gasteiger partial charge in [0, 0.05) is 17.4 Å². The summed E-state index contributed by atoms with van der Waals surface area (Å²) >= 11 is 0. The van der Waals surface area contributed by atoms with Crippen LogP contribution >= 0.6 is 0 Å². The van der Waals surface area contributed by atoms with Crippen molar-refractivity contribution in [1.29, 1.82) is 0 Å². The number of benzene rings is 3. The van der Waals surface area contributed by atoms with Crippen molar-refractivity contribution in [3.63, 3.8) is 0 Å². The first-order valence-corrected chi connectivity index (χ1v) is 11.5. The predicted molar refractivity (Wildman–Crippen MR) is 108 cm³/mol. The van der Waals surface area contributed by atoms with E-state index in [0.717, 1.165) is 24.3 Å². The SMILES string of the molecule is O=S(=O)(Nc1ccccc1)c1ccc(NS(=O)(=O)c2cccc(OC(F)(F)F)c2)cc1. The first-order chi connectivity index (χ1) is 14.4. The molecule has 0 heterocycles. The van der Waals surface area contributed by atoms with Crippen LogP contribution in [0.15, 0.2) is 88.7 Å². The van der Waals surface area contributed by atoms with Gasteiger partial charge in [-0.05, 0) is 48.5 Å². The molecule has 12 heteroatoms. The highest BCUT2D eigenvalue weighted by Crippen LogP contribution is 2.26. The van der Waals surface area contributed by atoms with Gasteiger partial charge in [0.05, 0.1) is 9.79 Å². The molecule has 7 nitrogen and oxygen atoms in total. The molecule has 0 spiro atoms. The van der Waals surface area contributed by atoms with Crippen LogP contribution in [0.5, 0.6) is 5.75 Å². The first kappa shape index (κ1) is 22.4. The average molecular weight is 472 g/mol. The van der Waals surface area contributed by atoms with E-state index in [2.05, 4.69) is 14.2 Å². The highest BCUT2D eigenvalue weighted by atomic mass is 32.2. The Hall–Kier alpha value is -3.25. The predicted octanol–water partition coefficient (Wildman–Crippen LogP) is 4.19. The molecule has 0 saturated carbocycles. The topological polar surface area (TPSA) is 102 Å². The van der Waals surface area contributed by atoms with Gasteiger partial charge < -0.3 is 4.74 Å². The van der Waals surface area contributed by atoms with Gasteiger partial charge in [0.25, 0.3) is 20.0 Å². The third kappa shape index (κ3) is 6.12. The molecule has 31 heavy (non-hydrogen) atoms. The summed E-state index contributed by atoms with van der Waals surface area (Å²) in [6.07, 6.45) is -4.97. The second kappa shape index (κ2) is 8.47. The smallest absolute Gasteiger partial charge is 0.406 e. The van der Waals surface area contributed by atoms with Crippen molar-refractivity contribution in [1.82, 2.24) is 0 Å². The number of hydrogen-bond acceptors (Lipinski definition) is 5. The summed E-state index contributed by atoms with van der Waals surface area (Å²) in [7, 11) is -8.15. The molecule has 3 aromatic rings. The first-order valence-electron chi connectivity index (χ1n) is 8.51. The van der Waals surface area contributed by atoms with E-state index < -0.39 is 37.1 Å². The fourth-order valence-electron chi connectivity index (χ4n) is 2.47. The summed E-state index contributed by atoms with van der Waals surface area (Å²) < 4.78 is 95.1. The number of nitrogens with one attached hydrogen (secondary N) is 2. The number of hydrogen-bond donors (Lipinski definition) is 2. The molecule has 2 N–H and O–H groups in total. The molecule has 0 aliphatic heterocycles. The molecule has 3 rings (SSSR count). The molecule has 0 bridgehead atoms. The lowest BCUT2D eigenvalue weighted by molar-refractivity contribution is -0.274. The number of halogens is 3. The van der Waals surface area contributed by atoms with Gasteiger partial charge >= 0.3 is 6.36 Å². The van der Waals surface area contributed by atoms with Gasteiger partial charge in [-0.1, -0.05) is 24.3 Å². The quantitative estimate of drug-likeness (QED) is 0.537. The van der Waals surface area contributed by atoms with Crippen molar-refractivity contribution >= 4 is 31.4 Å². The van der Waals surface area contributed by atoms with Gasteiger partial charge in [-0.25, -0.2) is 16.8 Å². The van der Waals surface area contributed by atoms with E-state index in [9.17, 15) is 30.0 Å². The lowest BCUT2D eigenvalue weighted by Crippen LogP contribution is -2.18. The maximum absolute atomic E-state index is 12.5. The second-order valence-corrected chi connectivity index (χ2v) is 9.49. The Bertz CT molecular complexity index is 1260. The number of sulfonamides is 2. The maximum Gasteiger partial charge on any atom is 0.573 e. The van der Waals surface area contributed by atoms with Crippen LogP contribution in [0.4, 0.5) is 24.5 Å². The largest absolute Gasteiger partial charge is 0.573 e. The fraction of sp³-hybridized carbons (Fsp3) is 0.0526. The summed E-state index contributed by atoms with van der Waals surface area (Å²) in [4.78, 5) is -0.573. The minimum Gasteiger partial charge on any atom is -0.406 e. The van der Waals surface area contributed by atoms with Crippen LogP contribution in [0.25, 0.3) is 0 Å². The van der Waals surface area contributed by atoms with E-state index in [1.54, 1.807) is 30.3 Å². The van der Waals surface area contributed by atoms with E-state index in [1.165, 1.54) is 24.3 Å². The van der Waals surface area contributed by atoms with Gasteiger partial charge in [0.15, 0.2) is 0 Å². The van der Waals surface area contributed by atoms with Gasteiger partial charge in [-0.2, -0.15) is 0 Å². The molecular weight excluding hydrogens is 457 g/mol. The van der Waals surface area contributed by atoms with Crippen molar-refractivity contribution < 1.29 is 34.7 Å². The summed E-state index contributed by atoms with van der Waals surface area (Å²) in [6.45, 7) is 0. The number of para-hydroxylation sites is 1. The fourth-order valence-corrected chi connectivity index (χ4v) is 4.63. The molecule has 0 aliphatic rings. The van der Waals surface area contributed by atoms with Gasteiger partial charge in [-0.3, -0.25) is 9.44 Å². The molecule has 0 saturated heterocycles. The number of alkyl halides is 3. The number of ether oxygens (including phenoxy) is 1. The van der Waals surface area contributed by atoms with Crippen LogP contribution in [0.3, 0.4) is 0 Å². The Morgan fingerprint density at radius 2 is 1.19 bits per heavy atom. The zero-order valence-electron chi connectivity index (χ0n) is 15.5. The maximum atomic E-state index is 12.5. The summed E-state index contributed by atoms with van der Waals surface area (Å²) in [5, 5.41) is 0. The average Bonchev–Trinajstić information content (AvgIpc) is 2.67. The number of rotatable bonds is 7. The van der Waals surface area contributed by atoms with Crippen molar-refractivity contribution in [3.8, 4) is 5.75 Å². The van der Waals surface area contributed by atoms with Gasteiger partial charge in [-0.15, -0.1) is 13.2 Å².